The normalized spacial score (nSPS) is 18.3. The van der Waals surface area contributed by atoms with Crippen molar-refractivity contribution in [1.82, 2.24) is 0 Å². The third kappa shape index (κ3) is 2.42. The second kappa shape index (κ2) is 3.89. The van der Waals surface area contributed by atoms with Gasteiger partial charge in [0.05, 0.1) is 6.21 Å². The maximum atomic E-state index is 4.69. The zero-order chi connectivity index (χ0) is 4.24. The summed E-state index contributed by atoms with van der Waals surface area (Å²) in [6.45, 7) is 0. The minimum atomic E-state index is -0.370. The minimum Gasteiger partial charge on any atom is -0.458 e. The summed E-state index contributed by atoms with van der Waals surface area (Å²) in [6, 6.07) is 0. The summed E-state index contributed by atoms with van der Waals surface area (Å²) in [4.78, 5) is 0. The molecular weight excluding hydrogens is 130 g/mol. The van der Waals surface area contributed by atoms with E-state index < -0.39 is 0 Å². The lowest BCUT2D eigenvalue weighted by Gasteiger charge is -1.92. The van der Waals surface area contributed by atoms with Crippen LogP contribution in [0, 0.1) is 0 Å². The van der Waals surface area contributed by atoms with Gasteiger partial charge in [0.2, 0.25) is 0 Å². The van der Waals surface area contributed by atoms with Crippen LogP contribution in [0.1, 0.15) is 0 Å². The maximum Gasteiger partial charge on any atom is 0.281 e. The summed E-state index contributed by atoms with van der Waals surface area (Å²) in [5.41, 5.74) is 2.03. The minimum absolute atomic E-state index is 0. The fourth-order valence-electron chi connectivity index (χ4n) is 0.281. The average molecular weight is 136 g/mol. The summed E-state index contributed by atoms with van der Waals surface area (Å²) in [6.07, 6.45) is 3.56. The summed E-state index contributed by atoms with van der Waals surface area (Å²) < 4.78 is 4.69. The highest BCUT2D eigenvalue weighted by Gasteiger charge is 1.79. The Morgan fingerprint density at radius 2 is 2.43 bits per heavy atom. The molecule has 0 saturated heterocycles. The number of allylic oxidation sites excluding steroid dienone is 1. The molecule has 4 heteroatoms. The molecule has 1 heterocycles. The molecule has 0 aromatic heterocycles. The number of hydrogen-bond acceptors (Lipinski definition) is 2. The van der Waals surface area contributed by atoms with Gasteiger partial charge in [0, 0.05) is 0 Å². The van der Waals surface area contributed by atoms with Crippen LogP contribution < -0.4 is 0 Å². The Morgan fingerprint density at radius 3 is 2.57 bits per heavy atom. The Hall–Kier alpha value is -0.283. The lowest BCUT2D eigenvalue weighted by Crippen LogP contribution is -1.91. The first kappa shape index (κ1) is 6.72. The molecule has 0 spiro atoms. The van der Waals surface area contributed by atoms with E-state index >= 15 is 0 Å². The van der Waals surface area contributed by atoms with Gasteiger partial charge in [0.15, 0.2) is 0 Å². The second-order valence-corrected chi connectivity index (χ2v) is 2.04. The van der Waals surface area contributed by atoms with Crippen molar-refractivity contribution in [3.63, 3.8) is 0 Å². The number of hydrogen-bond donors (Lipinski definition) is 0. The van der Waals surface area contributed by atoms with Crippen molar-refractivity contribution in [2.75, 3.05) is 0 Å². The van der Waals surface area contributed by atoms with Crippen LogP contribution in [0.4, 0.5) is 0 Å². The van der Waals surface area contributed by atoms with Crippen molar-refractivity contribution >= 4 is 28.4 Å². The lowest BCUT2D eigenvalue weighted by molar-refractivity contribution is 0.370. The largest absolute Gasteiger partial charge is 0.458 e. The molecular formula is C3H6ClNOSi. The van der Waals surface area contributed by atoms with E-state index in [4.69, 9.17) is 4.53 Å². The monoisotopic (exact) mass is 135 g/mol. The topological polar surface area (TPSA) is 21.6 Å². The fourth-order valence-corrected chi connectivity index (χ4v) is 0.772. The van der Waals surface area contributed by atoms with E-state index in [-0.39, 0.29) is 22.2 Å². The summed E-state index contributed by atoms with van der Waals surface area (Å²) >= 11 is 0. The molecule has 0 aromatic carbocycles. The second-order valence-electron chi connectivity index (χ2n) is 0.978. The van der Waals surface area contributed by atoms with Gasteiger partial charge in [-0.05, 0) is 6.08 Å². The van der Waals surface area contributed by atoms with E-state index in [1.54, 1.807) is 6.21 Å². The number of nitrogens with zero attached hydrogens (tertiary/aromatic N) is 1. The van der Waals surface area contributed by atoms with Crippen LogP contribution in [-0.4, -0.2) is 16.0 Å². The average Bonchev–Trinajstić information content (AvgIpc) is 1.72. The Bertz CT molecular complexity index is 80.9. The van der Waals surface area contributed by atoms with Crippen molar-refractivity contribution < 1.29 is 4.53 Å². The molecule has 0 saturated carbocycles. The molecule has 1 rings (SSSR count). The molecule has 0 fully saturated rings. The first-order valence-electron chi connectivity index (χ1n) is 1.80. The number of rotatable bonds is 0. The van der Waals surface area contributed by atoms with E-state index in [2.05, 4.69) is 5.16 Å². The highest BCUT2D eigenvalue weighted by Crippen LogP contribution is 1.78. The third-order valence-corrected chi connectivity index (χ3v) is 1.29. The molecule has 0 radical (unpaired) electrons. The van der Waals surface area contributed by atoms with Gasteiger partial charge in [-0.2, -0.15) is 0 Å². The van der Waals surface area contributed by atoms with E-state index in [9.17, 15) is 0 Å². The van der Waals surface area contributed by atoms with Crippen molar-refractivity contribution in [1.29, 1.82) is 0 Å². The quantitative estimate of drug-likeness (QED) is 0.430. The van der Waals surface area contributed by atoms with Crippen molar-refractivity contribution in [3.8, 4) is 0 Å². The Morgan fingerprint density at radius 1 is 1.57 bits per heavy atom. The molecule has 0 bridgehead atoms. The van der Waals surface area contributed by atoms with Gasteiger partial charge in [0.25, 0.3) is 9.76 Å². The standard InChI is InChI=1S/C3H5NOSi.ClH/c1-2-4-5-6-3-1;/h1-3H,6H2;1H. The Kier molecular flexibility index (Phi) is 3.73. The van der Waals surface area contributed by atoms with Crippen LogP contribution in [0.2, 0.25) is 0 Å². The van der Waals surface area contributed by atoms with Gasteiger partial charge < -0.3 is 4.53 Å². The van der Waals surface area contributed by atoms with Crippen molar-refractivity contribution in [2.24, 2.45) is 5.16 Å². The fraction of sp³-hybridized carbons (Fsp3) is 0. The van der Waals surface area contributed by atoms with Crippen LogP contribution >= 0.6 is 12.4 Å². The van der Waals surface area contributed by atoms with Gasteiger partial charge in [-0.3, -0.25) is 0 Å². The summed E-state index contributed by atoms with van der Waals surface area (Å²) in [7, 11) is -0.370. The highest BCUT2D eigenvalue weighted by atomic mass is 35.5. The molecule has 2 nitrogen and oxygen atoms in total. The van der Waals surface area contributed by atoms with Crippen LogP contribution in [0.5, 0.6) is 0 Å². The number of halogens is 1. The SMILES string of the molecule is C1=C[SiH2]ON=C1.Cl. The van der Waals surface area contributed by atoms with E-state index in [0.717, 1.165) is 0 Å². The molecule has 0 unspecified atom stereocenters. The summed E-state index contributed by atoms with van der Waals surface area (Å²) in [5.74, 6) is 0. The van der Waals surface area contributed by atoms with Gasteiger partial charge in [-0.25, -0.2) is 0 Å². The van der Waals surface area contributed by atoms with Crippen molar-refractivity contribution in [3.05, 3.63) is 11.8 Å². The molecule has 0 amide bonds. The first-order valence-corrected chi connectivity index (χ1v) is 3.20. The smallest absolute Gasteiger partial charge is 0.281 e. The van der Waals surface area contributed by atoms with Crippen LogP contribution in [-0.2, 0) is 4.53 Å². The zero-order valence-corrected chi connectivity index (χ0v) is 5.93. The Labute approximate surface area is 50.6 Å². The molecule has 7 heavy (non-hydrogen) atoms. The van der Waals surface area contributed by atoms with Crippen LogP contribution in [0.15, 0.2) is 16.9 Å². The zero-order valence-electron chi connectivity index (χ0n) is 3.70. The van der Waals surface area contributed by atoms with E-state index in [0.29, 0.717) is 0 Å². The third-order valence-electron chi connectivity index (χ3n) is 0.528. The molecule has 0 aromatic rings. The molecule has 0 aliphatic carbocycles. The Balaban J connectivity index is 0.000000360. The van der Waals surface area contributed by atoms with Gasteiger partial charge in [-0.15, -0.1) is 17.6 Å². The van der Waals surface area contributed by atoms with Gasteiger partial charge in [0.1, 0.15) is 0 Å². The van der Waals surface area contributed by atoms with Crippen molar-refractivity contribution in [2.45, 2.75) is 0 Å². The molecule has 40 valence electrons. The predicted octanol–water partition coefficient (Wildman–Crippen LogP) is 0.0217. The highest BCUT2D eigenvalue weighted by molar-refractivity contribution is 6.35. The number of oxime groups is 1. The van der Waals surface area contributed by atoms with Gasteiger partial charge in [-0.1, -0.05) is 5.70 Å². The van der Waals surface area contributed by atoms with Crippen LogP contribution in [0.25, 0.3) is 0 Å². The van der Waals surface area contributed by atoms with Crippen LogP contribution in [0.3, 0.4) is 0 Å². The molecule has 1 aliphatic heterocycles. The molecule has 1 aliphatic rings. The predicted molar refractivity (Wildman–Crippen MR) is 34.5 cm³/mol. The molecule has 0 atom stereocenters. The first-order chi connectivity index (χ1) is 3.00. The van der Waals surface area contributed by atoms with E-state index in [1.807, 2.05) is 11.8 Å². The van der Waals surface area contributed by atoms with Gasteiger partial charge >= 0.3 is 0 Å². The molecule has 0 N–H and O–H groups in total. The lowest BCUT2D eigenvalue weighted by atomic mass is 10.7. The maximum absolute atomic E-state index is 4.69. The summed E-state index contributed by atoms with van der Waals surface area (Å²) in [5, 5.41) is 3.53. The van der Waals surface area contributed by atoms with E-state index in [1.165, 1.54) is 0 Å².